The smallest absolute Gasteiger partial charge is 0.325 e. The Morgan fingerprint density at radius 2 is 1.82 bits per heavy atom. The molecule has 0 aliphatic heterocycles. The molecular formula is C22H23Cl2N3O5S2. The molecule has 34 heavy (non-hydrogen) atoms. The van der Waals surface area contributed by atoms with Crippen molar-refractivity contribution in [3.63, 3.8) is 0 Å². The van der Waals surface area contributed by atoms with Crippen LogP contribution in [0.15, 0.2) is 46.3 Å². The fraction of sp³-hybridized carbons (Fsp3) is 0.318. The Morgan fingerprint density at radius 3 is 2.44 bits per heavy atom. The van der Waals surface area contributed by atoms with Gasteiger partial charge < -0.3 is 9.30 Å². The van der Waals surface area contributed by atoms with Crippen molar-refractivity contribution in [3.8, 4) is 0 Å². The number of amides is 1. The summed E-state index contributed by atoms with van der Waals surface area (Å²) in [7, 11) is -0.872. The molecule has 0 saturated carbocycles. The van der Waals surface area contributed by atoms with Crippen LogP contribution in [0.3, 0.4) is 0 Å². The Balaban J connectivity index is 2.00. The first-order chi connectivity index (χ1) is 16.1. The minimum absolute atomic E-state index is 0.0895. The average molecular weight is 544 g/mol. The molecular weight excluding hydrogens is 521 g/mol. The number of nitrogens with zero attached hydrogens (tertiary/aromatic N) is 3. The summed E-state index contributed by atoms with van der Waals surface area (Å²) in [5.74, 6) is -1.15. The molecule has 1 aromatic heterocycles. The van der Waals surface area contributed by atoms with E-state index in [1.54, 1.807) is 12.1 Å². The number of hydrogen-bond acceptors (Lipinski definition) is 6. The van der Waals surface area contributed by atoms with Crippen LogP contribution in [0.2, 0.25) is 10.0 Å². The van der Waals surface area contributed by atoms with Crippen LogP contribution in [-0.4, -0.2) is 49.9 Å². The molecule has 2 aromatic carbocycles. The standard InChI is InChI=1S/C22H23Cl2N3O5S2/c1-4-5-12-26(2)34(30,31)15-8-6-14(7-9-15)21(29)25-22-27(13-18(28)32-3)20-17(33-22)11-10-16(23)19(20)24/h6-11H,4-5,12-13H2,1-3H3. The highest BCUT2D eigenvalue weighted by atomic mass is 35.5. The fourth-order valence-corrected chi connectivity index (χ4v) is 5.85. The van der Waals surface area contributed by atoms with Gasteiger partial charge in [-0.2, -0.15) is 4.99 Å². The summed E-state index contributed by atoms with van der Waals surface area (Å²) in [6.45, 7) is 2.18. The number of fused-ring (bicyclic) bond motifs is 1. The van der Waals surface area contributed by atoms with Crippen molar-refractivity contribution in [2.24, 2.45) is 4.99 Å². The zero-order valence-corrected chi connectivity index (χ0v) is 21.9. The summed E-state index contributed by atoms with van der Waals surface area (Å²) in [5, 5.41) is 0.527. The van der Waals surface area contributed by atoms with Crippen LogP contribution in [0.1, 0.15) is 30.1 Å². The maximum Gasteiger partial charge on any atom is 0.325 e. The lowest BCUT2D eigenvalue weighted by Crippen LogP contribution is -2.27. The van der Waals surface area contributed by atoms with Gasteiger partial charge >= 0.3 is 5.97 Å². The molecule has 0 fully saturated rings. The number of rotatable bonds is 8. The van der Waals surface area contributed by atoms with Gasteiger partial charge in [-0.1, -0.05) is 47.9 Å². The Hall–Kier alpha value is -2.24. The van der Waals surface area contributed by atoms with E-state index >= 15 is 0 Å². The van der Waals surface area contributed by atoms with Gasteiger partial charge in [0.15, 0.2) is 4.80 Å². The van der Waals surface area contributed by atoms with Crippen LogP contribution >= 0.6 is 34.5 Å². The number of ether oxygens (including phenoxy) is 1. The fourth-order valence-electron chi connectivity index (χ4n) is 3.13. The molecule has 1 heterocycles. The molecule has 0 radical (unpaired) electrons. The maximum atomic E-state index is 12.9. The van der Waals surface area contributed by atoms with Gasteiger partial charge in [-0.15, -0.1) is 0 Å². The summed E-state index contributed by atoms with van der Waals surface area (Å²) in [5.41, 5.74) is 0.661. The van der Waals surface area contributed by atoms with Gasteiger partial charge in [0.25, 0.3) is 5.91 Å². The molecule has 0 aliphatic carbocycles. The third-order valence-electron chi connectivity index (χ3n) is 5.08. The quantitative estimate of drug-likeness (QED) is 0.393. The van der Waals surface area contributed by atoms with Gasteiger partial charge in [-0.25, -0.2) is 12.7 Å². The highest BCUT2D eigenvalue weighted by molar-refractivity contribution is 7.89. The average Bonchev–Trinajstić information content (AvgIpc) is 3.16. The predicted octanol–water partition coefficient (Wildman–Crippen LogP) is 4.34. The first-order valence-corrected chi connectivity index (χ1v) is 13.3. The van der Waals surface area contributed by atoms with Gasteiger partial charge in [-0.05, 0) is 42.8 Å². The van der Waals surface area contributed by atoms with Crippen molar-refractivity contribution >= 4 is 66.7 Å². The minimum atomic E-state index is -3.65. The van der Waals surface area contributed by atoms with Crippen molar-refractivity contribution in [2.45, 2.75) is 31.2 Å². The zero-order valence-electron chi connectivity index (χ0n) is 18.7. The van der Waals surface area contributed by atoms with Crippen molar-refractivity contribution in [3.05, 3.63) is 56.8 Å². The van der Waals surface area contributed by atoms with E-state index in [1.807, 2.05) is 6.92 Å². The second-order valence-corrected chi connectivity index (χ2v) is 11.2. The van der Waals surface area contributed by atoms with Gasteiger partial charge in [0.1, 0.15) is 6.54 Å². The van der Waals surface area contributed by atoms with E-state index in [2.05, 4.69) is 4.99 Å². The molecule has 3 aromatic rings. The largest absolute Gasteiger partial charge is 0.468 e. The topological polar surface area (TPSA) is 98.0 Å². The first-order valence-electron chi connectivity index (χ1n) is 10.3. The van der Waals surface area contributed by atoms with Crippen LogP contribution in [-0.2, 0) is 26.1 Å². The van der Waals surface area contributed by atoms with E-state index in [0.29, 0.717) is 21.8 Å². The van der Waals surface area contributed by atoms with Crippen LogP contribution in [0.5, 0.6) is 0 Å². The monoisotopic (exact) mass is 543 g/mol. The summed E-state index contributed by atoms with van der Waals surface area (Å²) < 4.78 is 33.6. The zero-order chi connectivity index (χ0) is 25.0. The lowest BCUT2D eigenvalue weighted by Gasteiger charge is -2.16. The molecule has 0 spiro atoms. The number of aromatic nitrogens is 1. The number of unbranched alkanes of at least 4 members (excludes halogenated alkanes) is 1. The number of esters is 1. The van der Waals surface area contributed by atoms with Crippen LogP contribution in [0.4, 0.5) is 0 Å². The second kappa shape index (κ2) is 11.0. The molecule has 12 heteroatoms. The van der Waals surface area contributed by atoms with Crippen molar-refractivity contribution in [1.29, 1.82) is 0 Å². The Kier molecular flexibility index (Phi) is 8.53. The summed E-state index contributed by atoms with van der Waals surface area (Å²) in [4.78, 5) is 29.3. The third kappa shape index (κ3) is 5.52. The lowest BCUT2D eigenvalue weighted by molar-refractivity contribution is -0.141. The second-order valence-electron chi connectivity index (χ2n) is 7.38. The Labute approximate surface area is 211 Å². The summed E-state index contributed by atoms with van der Waals surface area (Å²) >= 11 is 13.7. The SMILES string of the molecule is CCCCN(C)S(=O)(=O)c1ccc(C(=O)N=c2sc3ccc(Cl)c(Cl)c3n2CC(=O)OC)cc1. The van der Waals surface area contributed by atoms with Crippen molar-refractivity contribution in [1.82, 2.24) is 8.87 Å². The number of thiazole rings is 1. The Morgan fingerprint density at radius 1 is 1.15 bits per heavy atom. The van der Waals surface area contributed by atoms with Gasteiger partial charge in [0, 0.05) is 19.2 Å². The molecule has 0 aliphatic rings. The van der Waals surface area contributed by atoms with Gasteiger partial charge in [0.2, 0.25) is 10.0 Å². The summed E-state index contributed by atoms with van der Waals surface area (Å²) in [6.07, 6.45) is 1.63. The molecule has 0 bridgehead atoms. The van der Waals surface area contributed by atoms with Gasteiger partial charge in [0.05, 0.1) is 32.3 Å². The number of carbonyl (C=O) groups excluding carboxylic acids is 2. The number of benzene rings is 2. The molecule has 0 unspecified atom stereocenters. The number of halogens is 2. The molecule has 182 valence electrons. The van der Waals surface area contributed by atoms with Gasteiger partial charge in [-0.3, -0.25) is 9.59 Å². The van der Waals surface area contributed by atoms with E-state index in [0.717, 1.165) is 24.2 Å². The molecule has 0 N–H and O–H groups in total. The molecule has 0 saturated heterocycles. The van der Waals surface area contributed by atoms with Crippen LogP contribution in [0.25, 0.3) is 10.2 Å². The van der Waals surface area contributed by atoms with E-state index in [9.17, 15) is 18.0 Å². The molecule has 1 amide bonds. The van der Waals surface area contributed by atoms with E-state index in [1.165, 1.54) is 47.3 Å². The molecule has 8 nitrogen and oxygen atoms in total. The number of carbonyl (C=O) groups is 2. The third-order valence-corrected chi connectivity index (χ3v) is 8.79. The van der Waals surface area contributed by atoms with E-state index < -0.39 is 21.9 Å². The van der Waals surface area contributed by atoms with Crippen molar-refractivity contribution in [2.75, 3.05) is 20.7 Å². The number of methoxy groups -OCH3 is 1. The number of hydrogen-bond donors (Lipinski definition) is 0. The van der Waals surface area contributed by atoms with Crippen LogP contribution in [0, 0.1) is 0 Å². The minimum Gasteiger partial charge on any atom is -0.468 e. The van der Waals surface area contributed by atoms with E-state index in [-0.39, 0.29) is 26.8 Å². The lowest BCUT2D eigenvalue weighted by atomic mass is 10.2. The summed E-state index contributed by atoms with van der Waals surface area (Å²) in [6, 6.07) is 8.92. The first kappa shape index (κ1) is 26.4. The normalized spacial score (nSPS) is 12.5. The van der Waals surface area contributed by atoms with Crippen molar-refractivity contribution < 1.29 is 22.7 Å². The number of sulfonamides is 1. The molecule has 0 atom stereocenters. The van der Waals surface area contributed by atoms with Crippen LogP contribution < -0.4 is 4.80 Å². The Bertz CT molecular complexity index is 1400. The highest BCUT2D eigenvalue weighted by Crippen LogP contribution is 2.32. The highest BCUT2D eigenvalue weighted by Gasteiger charge is 2.21. The van der Waals surface area contributed by atoms with E-state index in [4.69, 9.17) is 27.9 Å². The maximum absolute atomic E-state index is 12.9. The molecule has 3 rings (SSSR count). The predicted molar refractivity (Wildman–Crippen MR) is 133 cm³/mol.